The van der Waals surface area contributed by atoms with Crippen molar-refractivity contribution in [1.29, 1.82) is 0 Å². The zero-order valence-electron chi connectivity index (χ0n) is 8.66. The van der Waals surface area contributed by atoms with Gasteiger partial charge in [0.15, 0.2) is 17.4 Å². The standard InChI is InChI=1S/C5H8O3.C4H10O.Al.3H/c1-4(6)3-5(7)8-2;1-4(2)3-5;;;;/h3H2,1-2H3;4-5H,3H2,1-2H3;;;;. The summed E-state index contributed by atoms with van der Waals surface area (Å²) in [6.45, 7) is 5.59. The number of Topliss-reactive ketones (excluding diaryl/α,β-unsaturated/α-hetero) is 1. The predicted molar refractivity (Wildman–Crippen MR) is 59.2 cm³/mol. The molecule has 0 heterocycles. The van der Waals surface area contributed by atoms with Gasteiger partial charge in [-0.25, -0.2) is 0 Å². The van der Waals surface area contributed by atoms with Gasteiger partial charge in [-0.15, -0.1) is 0 Å². The summed E-state index contributed by atoms with van der Waals surface area (Å²) in [5.74, 6) is -0.204. The summed E-state index contributed by atoms with van der Waals surface area (Å²) in [6.07, 6.45) is -0.115. The van der Waals surface area contributed by atoms with Crippen molar-refractivity contribution < 1.29 is 19.4 Å². The van der Waals surface area contributed by atoms with E-state index in [1.807, 2.05) is 13.8 Å². The summed E-state index contributed by atoms with van der Waals surface area (Å²) >= 11 is 0. The van der Waals surface area contributed by atoms with Crippen molar-refractivity contribution in [3.05, 3.63) is 0 Å². The molecule has 0 aromatic carbocycles. The van der Waals surface area contributed by atoms with Crippen molar-refractivity contribution in [2.45, 2.75) is 27.2 Å². The van der Waals surface area contributed by atoms with Crippen LogP contribution in [0.4, 0.5) is 0 Å². The minimum atomic E-state index is -0.475. The monoisotopic (exact) mass is 220 g/mol. The van der Waals surface area contributed by atoms with Crippen LogP contribution in [0.3, 0.4) is 0 Å². The number of carbonyl (C=O) groups is 2. The zero-order valence-corrected chi connectivity index (χ0v) is 8.66. The van der Waals surface area contributed by atoms with Crippen LogP contribution in [0.5, 0.6) is 0 Å². The minimum absolute atomic E-state index is 0. The van der Waals surface area contributed by atoms with Crippen molar-refractivity contribution >= 4 is 29.1 Å². The first-order valence-electron chi connectivity index (χ1n) is 4.11. The Labute approximate surface area is 95.8 Å². The van der Waals surface area contributed by atoms with E-state index in [2.05, 4.69) is 4.74 Å². The summed E-state index contributed by atoms with van der Waals surface area (Å²) in [6, 6.07) is 0. The maximum Gasteiger partial charge on any atom is 0.313 e. The van der Waals surface area contributed by atoms with Crippen molar-refractivity contribution in [1.82, 2.24) is 0 Å². The SMILES string of the molecule is CC(C)CO.COC(=O)CC(C)=O.[AlH3]. The topological polar surface area (TPSA) is 63.6 Å². The van der Waals surface area contributed by atoms with Gasteiger partial charge in [0.05, 0.1) is 7.11 Å². The normalized spacial score (nSPS) is 8.14. The van der Waals surface area contributed by atoms with Crippen molar-refractivity contribution in [3.8, 4) is 0 Å². The highest BCUT2D eigenvalue weighted by atomic mass is 27.0. The molecule has 0 atom stereocenters. The Morgan fingerprint density at radius 1 is 1.36 bits per heavy atom. The molecule has 0 amide bonds. The number of methoxy groups -OCH3 is 1. The molecule has 84 valence electrons. The molecule has 0 aliphatic rings. The highest BCUT2D eigenvalue weighted by Gasteiger charge is 2.01. The maximum atomic E-state index is 10.2. The second kappa shape index (κ2) is 12.6. The minimum Gasteiger partial charge on any atom is -0.469 e. The fourth-order valence-electron chi connectivity index (χ4n) is 0.275. The predicted octanol–water partition coefficient (Wildman–Crippen LogP) is -0.411. The molecular weight excluding hydrogens is 199 g/mol. The fraction of sp³-hybridized carbons (Fsp3) is 0.778. The number of aliphatic hydroxyl groups excluding tert-OH is 1. The number of esters is 1. The lowest BCUT2D eigenvalue weighted by Crippen LogP contribution is -2.05. The lowest BCUT2D eigenvalue weighted by Gasteiger charge is -1.90. The van der Waals surface area contributed by atoms with Crippen LogP contribution in [-0.2, 0) is 14.3 Å². The molecule has 0 saturated carbocycles. The molecule has 0 rings (SSSR count). The van der Waals surface area contributed by atoms with Crippen LogP contribution in [0.25, 0.3) is 0 Å². The van der Waals surface area contributed by atoms with E-state index in [-0.39, 0.29) is 29.6 Å². The molecule has 0 radical (unpaired) electrons. The molecule has 14 heavy (non-hydrogen) atoms. The lowest BCUT2D eigenvalue weighted by molar-refractivity contribution is -0.142. The molecule has 0 bridgehead atoms. The molecular formula is C9H21AlO4. The molecule has 4 nitrogen and oxygen atoms in total. The molecule has 5 heteroatoms. The van der Waals surface area contributed by atoms with Crippen molar-refractivity contribution in [2.75, 3.05) is 13.7 Å². The van der Waals surface area contributed by atoms with Crippen LogP contribution in [0.1, 0.15) is 27.2 Å². The first kappa shape index (κ1) is 19.2. The van der Waals surface area contributed by atoms with Gasteiger partial charge in [-0.1, -0.05) is 13.8 Å². The Morgan fingerprint density at radius 2 is 1.71 bits per heavy atom. The smallest absolute Gasteiger partial charge is 0.313 e. The third-order valence-corrected chi connectivity index (χ3v) is 0.986. The third-order valence-electron chi connectivity index (χ3n) is 0.986. The van der Waals surface area contributed by atoms with Gasteiger partial charge in [0.1, 0.15) is 12.2 Å². The highest BCUT2D eigenvalue weighted by molar-refractivity contribution is 5.93. The second-order valence-electron chi connectivity index (χ2n) is 3.03. The third kappa shape index (κ3) is 22.6. The first-order chi connectivity index (χ1) is 5.93. The summed E-state index contributed by atoms with van der Waals surface area (Å²) in [5.41, 5.74) is 0. The van der Waals surface area contributed by atoms with Gasteiger partial charge in [0.2, 0.25) is 0 Å². The summed E-state index contributed by atoms with van der Waals surface area (Å²) in [7, 11) is 1.26. The van der Waals surface area contributed by atoms with Gasteiger partial charge < -0.3 is 9.84 Å². The fourth-order valence-corrected chi connectivity index (χ4v) is 0.275. The Balaban J connectivity index is -0.000000177. The molecule has 0 spiro atoms. The average molecular weight is 220 g/mol. The molecule has 0 unspecified atom stereocenters. The Morgan fingerprint density at radius 3 is 1.79 bits per heavy atom. The van der Waals surface area contributed by atoms with Gasteiger partial charge in [0.25, 0.3) is 0 Å². The van der Waals surface area contributed by atoms with Gasteiger partial charge >= 0.3 is 5.97 Å². The summed E-state index contributed by atoms with van der Waals surface area (Å²) < 4.78 is 4.20. The van der Waals surface area contributed by atoms with E-state index >= 15 is 0 Å². The second-order valence-corrected chi connectivity index (χ2v) is 3.03. The van der Waals surface area contributed by atoms with Gasteiger partial charge in [-0.3, -0.25) is 9.59 Å². The van der Waals surface area contributed by atoms with E-state index in [1.165, 1.54) is 14.0 Å². The van der Waals surface area contributed by atoms with E-state index in [1.54, 1.807) is 0 Å². The van der Waals surface area contributed by atoms with Crippen LogP contribution in [0.15, 0.2) is 0 Å². The molecule has 0 fully saturated rings. The Kier molecular flexibility index (Phi) is 17.4. The maximum absolute atomic E-state index is 10.2. The van der Waals surface area contributed by atoms with Crippen molar-refractivity contribution in [3.63, 3.8) is 0 Å². The number of ether oxygens (including phenoxy) is 1. The molecule has 0 aliphatic carbocycles. The number of carbonyl (C=O) groups excluding carboxylic acids is 2. The summed E-state index contributed by atoms with van der Waals surface area (Å²) in [4.78, 5) is 20.3. The molecule has 0 aliphatic heterocycles. The van der Waals surface area contributed by atoms with E-state index < -0.39 is 5.97 Å². The van der Waals surface area contributed by atoms with Crippen LogP contribution in [0, 0.1) is 5.92 Å². The molecule has 0 aromatic rings. The van der Waals surface area contributed by atoms with Crippen LogP contribution >= 0.6 is 0 Å². The number of hydrogen-bond acceptors (Lipinski definition) is 4. The van der Waals surface area contributed by atoms with Gasteiger partial charge in [0, 0.05) is 6.61 Å². The Hall–Kier alpha value is -0.368. The van der Waals surface area contributed by atoms with E-state index in [0.717, 1.165) is 0 Å². The van der Waals surface area contributed by atoms with Crippen molar-refractivity contribution in [2.24, 2.45) is 5.92 Å². The number of hydrogen-bond donors (Lipinski definition) is 1. The largest absolute Gasteiger partial charge is 0.469 e. The first-order valence-corrected chi connectivity index (χ1v) is 4.11. The quantitative estimate of drug-likeness (QED) is 0.399. The van der Waals surface area contributed by atoms with E-state index in [0.29, 0.717) is 12.5 Å². The molecule has 1 N–H and O–H groups in total. The summed E-state index contributed by atoms with van der Waals surface area (Å²) in [5, 5.41) is 8.14. The van der Waals surface area contributed by atoms with Gasteiger partial charge in [-0.05, 0) is 12.8 Å². The van der Waals surface area contributed by atoms with Crippen LogP contribution in [0.2, 0.25) is 0 Å². The van der Waals surface area contributed by atoms with E-state index in [4.69, 9.17) is 5.11 Å². The van der Waals surface area contributed by atoms with Crippen LogP contribution < -0.4 is 0 Å². The average Bonchev–Trinajstić information content (AvgIpc) is 2.04. The lowest BCUT2D eigenvalue weighted by atomic mass is 10.2. The van der Waals surface area contributed by atoms with Gasteiger partial charge in [-0.2, -0.15) is 0 Å². The highest BCUT2D eigenvalue weighted by Crippen LogP contribution is 1.83. The Bertz CT molecular complexity index is 157. The molecule has 0 saturated heterocycles. The number of aliphatic hydroxyl groups is 1. The van der Waals surface area contributed by atoms with E-state index in [9.17, 15) is 9.59 Å². The zero-order chi connectivity index (χ0) is 10.9. The number of ketones is 1. The van der Waals surface area contributed by atoms with Crippen LogP contribution in [-0.4, -0.2) is 47.9 Å². The number of rotatable bonds is 3. The molecule has 0 aromatic heterocycles.